The van der Waals surface area contributed by atoms with E-state index >= 15 is 0 Å². The summed E-state index contributed by atoms with van der Waals surface area (Å²) in [5, 5.41) is 14.8. The molecule has 0 radical (unpaired) electrons. The summed E-state index contributed by atoms with van der Waals surface area (Å²) < 4.78 is 14.2. The van der Waals surface area contributed by atoms with Crippen molar-refractivity contribution in [3.8, 4) is 114 Å². The molecule has 18 aromatic carbocycles. The highest BCUT2D eigenvalue weighted by Crippen LogP contribution is 2.52. The Morgan fingerprint density at radius 2 is 0.504 bits per heavy atom. The number of rotatable bonds is 11. The van der Waals surface area contributed by atoms with Gasteiger partial charge in [-0.2, -0.15) is 29.9 Å². The van der Waals surface area contributed by atoms with E-state index in [-0.39, 0.29) is 5.41 Å². The van der Waals surface area contributed by atoms with Gasteiger partial charge in [-0.3, -0.25) is 13.7 Å². The highest BCUT2D eigenvalue weighted by molar-refractivity contribution is 7.27. The minimum atomic E-state index is -0.143. The van der Waals surface area contributed by atoms with Gasteiger partial charge in [0.05, 0.1) is 44.1 Å². The first-order chi connectivity index (χ1) is 66.7. The number of aromatic nitrogens is 13. The smallest absolute Gasteiger partial charge is 0.238 e. The Hall–Kier alpha value is -17.4. The van der Waals surface area contributed by atoms with Gasteiger partial charge in [-0.05, 0) is 106 Å². The molecule has 9 aromatic heterocycles. The minimum Gasteiger partial charge on any atom is -0.309 e. The van der Waals surface area contributed by atoms with E-state index in [4.69, 9.17) is 44.9 Å². The SMILES string of the molecule is CC1(C)c2ccccc2-c2ccc(-c3nc(-c4ccccc4)nc(-n4c5ccccc5c5c4ccc4c6ccccc6n(-c6ccccc6)c45)n3)cc21.c1ccc(-c2ccc(-c3nc(-c4ccccc4)nc(-n4c5ccccc5c5c6sc7ccccc7c6ccc54)n3)cc2)cc1.c1ccc(-c2nc(-c3ccccc3)nc(-n3c4ccccc4c4c5sc6ccccc6c5ccc43)n2)cc1. The third-order valence-electron chi connectivity index (χ3n) is 26.5. The van der Waals surface area contributed by atoms with Gasteiger partial charge in [-0.15, -0.1) is 22.7 Å². The number of nitrogens with zero attached hydrogens (tertiary/aromatic N) is 13. The van der Waals surface area contributed by atoms with E-state index in [0.29, 0.717) is 52.8 Å². The van der Waals surface area contributed by atoms with Crippen LogP contribution in [-0.4, -0.2) is 63.1 Å². The molecule has 13 nitrogen and oxygen atoms in total. The summed E-state index contributed by atoms with van der Waals surface area (Å²) in [5.74, 6) is 5.69. The van der Waals surface area contributed by atoms with E-state index < -0.39 is 0 Å². The van der Waals surface area contributed by atoms with Gasteiger partial charge in [0.25, 0.3) is 0 Å². The van der Waals surface area contributed by atoms with Crippen LogP contribution in [0.5, 0.6) is 0 Å². The summed E-state index contributed by atoms with van der Waals surface area (Å²) in [6.07, 6.45) is 0. The predicted octanol–water partition coefficient (Wildman–Crippen LogP) is 30.7. The molecule has 1 aliphatic carbocycles. The molecule has 27 aromatic rings. The van der Waals surface area contributed by atoms with E-state index in [1.807, 2.05) is 138 Å². The van der Waals surface area contributed by atoms with Gasteiger partial charge < -0.3 is 4.57 Å². The molecule has 0 unspecified atom stereocenters. The minimum absolute atomic E-state index is 0.143. The van der Waals surface area contributed by atoms with Gasteiger partial charge in [-0.25, -0.2) is 15.0 Å². The van der Waals surface area contributed by atoms with Crippen molar-refractivity contribution in [2.75, 3.05) is 0 Å². The lowest BCUT2D eigenvalue weighted by molar-refractivity contribution is 0.660. The molecule has 9 heterocycles. The monoisotopic (exact) mass is 1760 g/mol. The van der Waals surface area contributed by atoms with Crippen LogP contribution < -0.4 is 0 Å². The maximum atomic E-state index is 5.33. The molecule has 15 heteroatoms. The van der Waals surface area contributed by atoms with Gasteiger partial charge in [0.15, 0.2) is 34.9 Å². The van der Waals surface area contributed by atoms with E-state index in [0.717, 1.165) is 83.1 Å². The number of fused-ring (bicyclic) bond motifs is 24. The van der Waals surface area contributed by atoms with Crippen LogP contribution in [0.2, 0.25) is 0 Å². The van der Waals surface area contributed by atoms with Gasteiger partial charge in [-0.1, -0.05) is 372 Å². The van der Waals surface area contributed by atoms with Crippen LogP contribution in [0.3, 0.4) is 0 Å². The molecule has 28 rings (SSSR count). The molecular weight excluding hydrogens is 1690 g/mol. The van der Waals surface area contributed by atoms with Gasteiger partial charge in [0.2, 0.25) is 17.8 Å². The van der Waals surface area contributed by atoms with Crippen LogP contribution in [0, 0.1) is 0 Å². The van der Waals surface area contributed by atoms with E-state index in [1.165, 1.54) is 117 Å². The number of hydrogen-bond acceptors (Lipinski definition) is 11. The van der Waals surface area contributed by atoms with Crippen LogP contribution >= 0.6 is 22.7 Å². The van der Waals surface area contributed by atoms with Crippen LogP contribution in [0.15, 0.2) is 431 Å². The molecular formula is C120H77N13S2. The number of benzene rings is 18. The van der Waals surface area contributed by atoms with Crippen LogP contribution in [-0.2, 0) is 5.41 Å². The lowest BCUT2D eigenvalue weighted by atomic mass is 9.82. The molecule has 634 valence electrons. The molecule has 0 atom stereocenters. The second-order valence-electron chi connectivity index (χ2n) is 34.7. The average Bonchev–Trinajstić information content (AvgIpc) is 1.52. The molecule has 0 saturated carbocycles. The maximum absolute atomic E-state index is 5.33. The molecule has 0 fully saturated rings. The second kappa shape index (κ2) is 32.0. The van der Waals surface area contributed by atoms with E-state index in [1.54, 1.807) is 0 Å². The first kappa shape index (κ1) is 78.7. The van der Waals surface area contributed by atoms with Gasteiger partial charge in [0.1, 0.15) is 0 Å². The topological polar surface area (TPSA) is 136 Å². The fraction of sp³-hybridized carbons (Fsp3) is 0.0250. The number of thiophene rings is 2. The first-order valence-electron chi connectivity index (χ1n) is 45.3. The fourth-order valence-corrected chi connectivity index (χ4v) is 22.8. The standard InChI is InChI=1S/C48H33N5.C39H24N4S.C33H20N4S/c1-48(2)38-22-12-9-19-33(38)34-26-25-31(29-39(34)48)46-49-45(30-15-5-3-6-16-30)50-47(51-46)53-41-24-14-11-21-37(41)43-42(53)28-27-36-35-20-10-13-23-40(35)52(44(36)43)32-17-7-4-8-18-32;1-3-11-25(12-4-1)26-19-21-28(22-20-26)38-40-37(27-13-5-2-6-14-27)41-39(42-38)43-32-17-9-7-16-31(32)35-33(43)24-23-30-29-15-8-10-18-34(29)44-36(30)35;1-3-11-21(12-4-1)31-34-32(22-13-5-2-6-14-22)36-33(35-31)37-26-17-9-7-16-25(26)29-27(37)20-19-24-23-15-8-10-18-28(23)38-30(24)29/h3-29H,1-2H3;1-24H;1-20H. The molecule has 0 bridgehead atoms. The summed E-state index contributed by atoms with van der Waals surface area (Å²) in [7, 11) is 0. The van der Waals surface area contributed by atoms with Crippen molar-refractivity contribution in [1.82, 2.24) is 63.1 Å². The summed E-state index contributed by atoms with van der Waals surface area (Å²) in [6, 6.07) is 151. The Balaban J connectivity index is 0.000000107. The normalized spacial score (nSPS) is 12.3. The zero-order chi connectivity index (χ0) is 89.4. The lowest BCUT2D eigenvalue weighted by Gasteiger charge is -2.21. The highest BCUT2D eigenvalue weighted by Gasteiger charge is 2.36. The third kappa shape index (κ3) is 13.1. The zero-order valence-electron chi connectivity index (χ0n) is 73.1. The van der Waals surface area contributed by atoms with Gasteiger partial charge in [0, 0.05) is 128 Å². The number of hydrogen-bond donors (Lipinski definition) is 0. The van der Waals surface area contributed by atoms with Crippen molar-refractivity contribution in [2.24, 2.45) is 0 Å². The van der Waals surface area contributed by atoms with Gasteiger partial charge >= 0.3 is 0 Å². The van der Waals surface area contributed by atoms with Crippen molar-refractivity contribution in [3.05, 3.63) is 442 Å². The summed E-state index contributed by atoms with van der Waals surface area (Å²) in [4.78, 5) is 45.9. The Morgan fingerprint density at radius 3 is 0.948 bits per heavy atom. The van der Waals surface area contributed by atoms with E-state index in [9.17, 15) is 0 Å². The van der Waals surface area contributed by atoms with Crippen molar-refractivity contribution < 1.29 is 0 Å². The zero-order valence-corrected chi connectivity index (χ0v) is 74.8. The summed E-state index contributed by atoms with van der Waals surface area (Å²) in [5.41, 5.74) is 23.0. The van der Waals surface area contributed by atoms with Crippen molar-refractivity contribution in [2.45, 2.75) is 19.3 Å². The second-order valence-corrected chi connectivity index (χ2v) is 36.8. The fourth-order valence-electron chi connectivity index (χ4n) is 20.3. The largest absolute Gasteiger partial charge is 0.309 e. The molecule has 0 saturated heterocycles. The Morgan fingerprint density at radius 1 is 0.200 bits per heavy atom. The molecule has 0 spiro atoms. The molecule has 0 amide bonds. The van der Waals surface area contributed by atoms with Crippen molar-refractivity contribution in [3.63, 3.8) is 0 Å². The van der Waals surface area contributed by atoms with E-state index in [2.05, 4.69) is 348 Å². The quantitative estimate of drug-likeness (QED) is 0.124. The Labute approximate surface area is 782 Å². The Bertz CT molecular complexity index is 9340. The van der Waals surface area contributed by atoms with Crippen LogP contribution in [0.4, 0.5) is 0 Å². The summed E-state index contributed by atoms with van der Waals surface area (Å²) >= 11 is 3.70. The lowest BCUT2D eigenvalue weighted by Crippen LogP contribution is -2.15. The summed E-state index contributed by atoms with van der Waals surface area (Å²) in [6.45, 7) is 4.62. The highest BCUT2D eigenvalue weighted by atomic mass is 32.1. The Kier molecular flexibility index (Phi) is 18.7. The molecule has 1 aliphatic rings. The first-order valence-corrected chi connectivity index (χ1v) is 47.0. The number of para-hydroxylation sites is 5. The van der Waals surface area contributed by atoms with Crippen LogP contribution in [0.25, 0.3) is 242 Å². The van der Waals surface area contributed by atoms with Crippen molar-refractivity contribution in [1.29, 1.82) is 0 Å². The molecule has 135 heavy (non-hydrogen) atoms. The molecule has 0 N–H and O–H groups in total. The average molecular weight is 1770 g/mol. The maximum Gasteiger partial charge on any atom is 0.238 e. The molecule has 0 aliphatic heterocycles. The van der Waals surface area contributed by atoms with Crippen molar-refractivity contribution >= 4 is 150 Å². The third-order valence-corrected chi connectivity index (χ3v) is 28.9. The predicted molar refractivity (Wildman–Crippen MR) is 558 cm³/mol. The van der Waals surface area contributed by atoms with Crippen LogP contribution in [0.1, 0.15) is 25.0 Å².